The summed E-state index contributed by atoms with van der Waals surface area (Å²) in [6, 6.07) is 0. The summed E-state index contributed by atoms with van der Waals surface area (Å²) in [4.78, 5) is 18.9. The first-order valence-electron chi connectivity index (χ1n) is 7.91. The smallest absolute Gasteiger partial charge is 0.342 e. The lowest BCUT2D eigenvalue weighted by Crippen LogP contribution is -2.47. The van der Waals surface area contributed by atoms with Crippen LogP contribution in [0.3, 0.4) is 0 Å². The number of imidazole rings is 1. The van der Waals surface area contributed by atoms with Crippen LogP contribution < -0.4 is 0 Å². The van der Waals surface area contributed by atoms with Gasteiger partial charge in [0.25, 0.3) is 0 Å². The Labute approximate surface area is 151 Å². The molecule has 1 aliphatic rings. The van der Waals surface area contributed by atoms with Crippen LogP contribution in [0.4, 0.5) is 5.82 Å². The SMILES string of the molecule is CCN1CCN(C(=S)SCC(O)Cn2c([N+](=O)[O-])cnc2C)CC1. The number of nitrogens with zero attached hydrogens (tertiary/aromatic N) is 5. The molecule has 10 heteroatoms. The maximum absolute atomic E-state index is 11.0. The second kappa shape index (κ2) is 8.75. The van der Waals surface area contributed by atoms with Crippen LogP contribution in [-0.4, -0.2) is 78.3 Å². The van der Waals surface area contributed by atoms with E-state index in [9.17, 15) is 15.2 Å². The third-order valence-electron chi connectivity index (χ3n) is 4.09. The van der Waals surface area contributed by atoms with Gasteiger partial charge in [-0.3, -0.25) is 0 Å². The van der Waals surface area contributed by atoms with Crippen molar-refractivity contribution in [1.29, 1.82) is 0 Å². The van der Waals surface area contributed by atoms with Crippen molar-refractivity contribution in [3.63, 3.8) is 0 Å². The molecule has 1 N–H and O–H groups in total. The average Bonchev–Trinajstić information content (AvgIpc) is 2.93. The van der Waals surface area contributed by atoms with Gasteiger partial charge in [0.2, 0.25) is 0 Å². The number of rotatable bonds is 6. The molecule has 1 saturated heterocycles. The normalized spacial score (nSPS) is 17.0. The molecule has 0 aromatic carbocycles. The number of hydrogen-bond acceptors (Lipinski definition) is 7. The van der Waals surface area contributed by atoms with Gasteiger partial charge in [-0.25, -0.2) is 9.55 Å². The predicted molar refractivity (Wildman–Crippen MR) is 98.4 cm³/mol. The number of aliphatic hydroxyl groups excluding tert-OH is 1. The van der Waals surface area contributed by atoms with Crippen LogP contribution in [0.2, 0.25) is 0 Å². The van der Waals surface area contributed by atoms with Crippen molar-refractivity contribution in [3.8, 4) is 0 Å². The van der Waals surface area contributed by atoms with Crippen LogP contribution in [0.15, 0.2) is 6.20 Å². The minimum Gasteiger partial charge on any atom is -0.388 e. The maximum Gasteiger partial charge on any atom is 0.342 e. The molecule has 1 atom stereocenters. The second-order valence-corrected chi connectivity index (χ2v) is 7.34. The number of aliphatic hydroxyl groups is 1. The van der Waals surface area contributed by atoms with Gasteiger partial charge in [0.15, 0.2) is 5.82 Å². The molecule has 2 rings (SSSR count). The van der Waals surface area contributed by atoms with Crippen LogP contribution in [0.5, 0.6) is 0 Å². The Hall–Kier alpha value is -1.23. The van der Waals surface area contributed by atoms with Crippen LogP contribution in [-0.2, 0) is 6.54 Å². The molecule has 0 bridgehead atoms. The molecule has 2 heterocycles. The number of likely N-dealkylation sites (N-methyl/N-ethyl adjacent to an activating group) is 1. The first kappa shape index (κ1) is 19.1. The number of piperazine rings is 1. The minimum atomic E-state index is -0.725. The quantitative estimate of drug-likeness (QED) is 0.451. The van der Waals surface area contributed by atoms with E-state index < -0.39 is 11.0 Å². The van der Waals surface area contributed by atoms with E-state index in [1.807, 2.05) is 0 Å². The lowest BCUT2D eigenvalue weighted by atomic mass is 10.3. The minimum absolute atomic E-state index is 0.102. The zero-order chi connectivity index (χ0) is 17.7. The van der Waals surface area contributed by atoms with Crippen molar-refractivity contribution < 1.29 is 10.0 Å². The summed E-state index contributed by atoms with van der Waals surface area (Å²) in [5.41, 5.74) is 0. The first-order chi connectivity index (χ1) is 11.4. The van der Waals surface area contributed by atoms with Gasteiger partial charge >= 0.3 is 5.82 Å². The summed E-state index contributed by atoms with van der Waals surface area (Å²) in [6.45, 7) is 8.84. The van der Waals surface area contributed by atoms with Gasteiger partial charge in [0.05, 0.1) is 0 Å². The fourth-order valence-electron chi connectivity index (χ4n) is 2.60. The number of hydrogen-bond donors (Lipinski definition) is 1. The van der Waals surface area contributed by atoms with Crippen LogP contribution in [0.1, 0.15) is 12.7 Å². The lowest BCUT2D eigenvalue weighted by Gasteiger charge is -2.35. The van der Waals surface area contributed by atoms with Gasteiger partial charge in [-0.1, -0.05) is 30.9 Å². The number of thioether (sulfide) groups is 1. The Morgan fingerprint density at radius 2 is 2.17 bits per heavy atom. The molecule has 1 aromatic rings. The maximum atomic E-state index is 11.0. The highest BCUT2D eigenvalue weighted by molar-refractivity contribution is 8.22. The highest BCUT2D eigenvalue weighted by atomic mass is 32.2. The van der Waals surface area contributed by atoms with Crippen LogP contribution >= 0.6 is 24.0 Å². The summed E-state index contributed by atoms with van der Waals surface area (Å²) < 4.78 is 2.20. The van der Waals surface area contributed by atoms with Crippen molar-refractivity contribution in [1.82, 2.24) is 19.4 Å². The fraction of sp³-hybridized carbons (Fsp3) is 0.714. The largest absolute Gasteiger partial charge is 0.388 e. The number of aryl methyl sites for hydroxylation is 1. The molecular weight excluding hydrogens is 350 g/mol. The van der Waals surface area contributed by atoms with E-state index in [1.165, 1.54) is 22.5 Å². The fourth-order valence-corrected chi connectivity index (χ4v) is 3.79. The molecule has 0 saturated carbocycles. The lowest BCUT2D eigenvalue weighted by molar-refractivity contribution is -0.392. The van der Waals surface area contributed by atoms with Crippen molar-refractivity contribution in [3.05, 3.63) is 22.1 Å². The van der Waals surface area contributed by atoms with E-state index in [-0.39, 0.29) is 12.4 Å². The number of thiocarbonyl (C=S) groups is 1. The molecule has 1 aromatic heterocycles. The van der Waals surface area contributed by atoms with Gasteiger partial charge in [0.1, 0.15) is 23.2 Å². The number of nitro groups is 1. The molecule has 0 radical (unpaired) electrons. The van der Waals surface area contributed by atoms with Gasteiger partial charge < -0.3 is 25.0 Å². The average molecular weight is 374 g/mol. The summed E-state index contributed by atoms with van der Waals surface area (Å²) >= 11 is 6.87. The first-order valence-corrected chi connectivity index (χ1v) is 9.30. The second-order valence-electron chi connectivity index (χ2n) is 5.68. The van der Waals surface area contributed by atoms with Crippen molar-refractivity contribution in [2.24, 2.45) is 0 Å². The van der Waals surface area contributed by atoms with Gasteiger partial charge in [-0.05, 0) is 11.5 Å². The Morgan fingerprint density at radius 1 is 1.50 bits per heavy atom. The topological polar surface area (TPSA) is 87.7 Å². The summed E-state index contributed by atoms with van der Waals surface area (Å²) in [7, 11) is 0. The Balaban J connectivity index is 1.81. The molecule has 8 nitrogen and oxygen atoms in total. The summed E-state index contributed by atoms with van der Waals surface area (Å²) in [6.07, 6.45) is 0.490. The molecular formula is C14H23N5O3S2. The van der Waals surface area contributed by atoms with Gasteiger partial charge in [0, 0.05) is 38.9 Å². The zero-order valence-corrected chi connectivity index (χ0v) is 15.6. The standard InChI is InChI=1S/C14H23N5O3S2/c1-3-16-4-6-17(7-5-16)14(23)24-10-12(20)9-18-11(2)15-8-13(18)19(21)22/h8,12,20H,3-7,9-10H2,1-2H3. The molecule has 24 heavy (non-hydrogen) atoms. The van der Waals surface area contributed by atoms with Crippen molar-refractivity contribution in [2.45, 2.75) is 26.5 Å². The van der Waals surface area contributed by atoms with E-state index in [1.54, 1.807) is 6.92 Å². The van der Waals surface area contributed by atoms with E-state index in [4.69, 9.17) is 12.2 Å². The molecule has 134 valence electrons. The van der Waals surface area contributed by atoms with E-state index >= 15 is 0 Å². The molecule has 1 unspecified atom stereocenters. The predicted octanol–water partition coefficient (Wildman–Crippen LogP) is 1.12. The van der Waals surface area contributed by atoms with Gasteiger partial charge in [-0.15, -0.1) is 0 Å². The molecule has 1 aliphatic heterocycles. The van der Waals surface area contributed by atoms with E-state index in [2.05, 4.69) is 21.7 Å². The van der Waals surface area contributed by atoms with Gasteiger partial charge in [-0.2, -0.15) is 0 Å². The van der Waals surface area contributed by atoms with E-state index in [0.717, 1.165) is 37.0 Å². The van der Waals surface area contributed by atoms with Crippen molar-refractivity contribution >= 4 is 34.1 Å². The molecule has 0 spiro atoms. The number of aromatic nitrogens is 2. The molecule has 0 aliphatic carbocycles. The summed E-state index contributed by atoms with van der Waals surface area (Å²) in [5, 5.41) is 21.2. The summed E-state index contributed by atoms with van der Waals surface area (Å²) in [5.74, 6) is 0.820. The Morgan fingerprint density at radius 3 is 2.75 bits per heavy atom. The monoisotopic (exact) mass is 373 g/mol. The molecule has 0 amide bonds. The third kappa shape index (κ3) is 4.88. The van der Waals surface area contributed by atoms with E-state index in [0.29, 0.717) is 11.6 Å². The highest BCUT2D eigenvalue weighted by Gasteiger charge is 2.22. The highest BCUT2D eigenvalue weighted by Crippen LogP contribution is 2.17. The van der Waals surface area contributed by atoms with Crippen molar-refractivity contribution in [2.75, 3.05) is 38.5 Å². The Kier molecular flexibility index (Phi) is 6.96. The van der Waals surface area contributed by atoms with Crippen LogP contribution in [0.25, 0.3) is 0 Å². The molecule has 1 fully saturated rings. The van der Waals surface area contributed by atoms with Crippen LogP contribution in [0, 0.1) is 17.0 Å². The third-order valence-corrected chi connectivity index (χ3v) is 5.76. The zero-order valence-electron chi connectivity index (χ0n) is 13.9. The Bertz CT molecular complexity index is 587.